The summed E-state index contributed by atoms with van der Waals surface area (Å²) in [6.07, 6.45) is 20.3. The summed E-state index contributed by atoms with van der Waals surface area (Å²) in [4.78, 5) is 12.6. The van der Waals surface area contributed by atoms with Crippen LogP contribution in [0.3, 0.4) is 0 Å². The van der Waals surface area contributed by atoms with Crippen LogP contribution in [0.1, 0.15) is 111 Å². The summed E-state index contributed by atoms with van der Waals surface area (Å²) in [5.41, 5.74) is 3.46. The highest BCUT2D eigenvalue weighted by atomic mass is 16.5. The molecule has 2 nitrogen and oxygen atoms in total. The fraction of sp³-hybridized carbons (Fsp3) is 0.694. The van der Waals surface area contributed by atoms with Crippen molar-refractivity contribution in [1.82, 2.24) is 0 Å². The minimum atomic E-state index is -0.204. The molecule has 5 rings (SSSR count). The Hall–Kier alpha value is -1.83. The van der Waals surface area contributed by atoms with Crippen molar-refractivity contribution in [2.24, 2.45) is 46.3 Å². The second-order valence-electron chi connectivity index (χ2n) is 14.3. The van der Waals surface area contributed by atoms with E-state index in [-0.39, 0.29) is 12.1 Å². The molecule has 38 heavy (non-hydrogen) atoms. The molecule has 0 N–H and O–H groups in total. The molecule has 3 saturated carbocycles. The van der Waals surface area contributed by atoms with Crippen molar-refractivity contribution < 1.29 is 9.53 Å². The van der Waals surface area contributed by atoms with Crippen molar-refractivity contribution in [1.29, 1.82) is 0 Å². The highest BCUT2D eigenvalue weighted by Gasteiger charge is 2.59. The lowest BCUT2D eigenvalue weighted by molar-refractivity contribution is -0.145. The van der Waals surface area contributed by atoms with E-state index in [0.29, 0.717) is 10.8 Å². The van der Waals surface area contributed by atoms with E-state index in [2.05, 4.69) is 40.7 Å². The van der Waals surface area contributed by atoms with Gasteiger partial charge in [-0.05, 0) is 103 Å². The number of allylic oxidation sites excluding steroid dienone is 1. The summed E-state index contributed by atoms with van der Waals surface area (Å²) in [5.74, 6) is 4.97. The Morgan fingerprint density at radius 2 is 1.79 bits per heavy atom. The van der Waals surface area contributed by atoms with E-state index < -0.39 is 0 Å². The largest absolute Gasteiger partial charge is 0.459 e. The molecule has 0 bridgehead atoms. The van der Waals surface area contributed by atoms with Crippen molar-refractivity contribution in [2.45, 2.75) is 111 Å². The van der Waals surface area contributed by atoms with Crippen LogP contribution in [0.4, 0.5) is 0 Å². The van der Waals surface area contributed by atoms with Gasteiger partial charge >= 0.3 is 5.97 Å². The molecule has 4 aliphatic rings. The summed E-state index contributed by atoms with van der Waals surface area (Å²) in [5, 5.41) is 0. The maximum absolute atomic E-state index is 12.6. The average molecular weight is 517 g/mol. The number of carbonyl (C=O) groups is 1. The lowest BCUT2D eigenvalue weighted by Gasteiger charge is -2.58. The predicted octanol–water partition coefficient (Wildman–Crippen LogP) is 9.65. The Balaban J connectivity index is 1.22. The van der Waals surface area contributed by atoms with E-state index in [1.165, 1.54) is 57.8 Å². The Morgan fingerprint density at radius 1 is 1.00 bits per heavy atom. The molecule has 0 radical (unpaired) electrons. The number of fused-ring (bicyclic) bond motifs is 5. The van der Waals surface area contributed by atoms with E-state index in [4.69, 9.17) is 4.74 Å². The number of benzene rings is 1. The molecule has 1 aromatic rings. The quantitative estimate of drug-likeness (QED) is 0.195. The minimum absolute atomic E-state index is 0.0233. The number of esters is 1. The van der Waals surface area contributed by atoms with Gasteiger partial charge in [0.25, 0.3) is 0 Å². The highest BCUT2D eigenvalue weighted by Crippen LogP contribution is 2.67. The molecule has 0 aromatic heterocycles. The zero-order valence-corrected chi connectivity index (χ0v) is 24.8. The molecule has 1 aromatic carbocycles. The molecule has 8 atom stereocenters. The molecule has 0 aliphatic heterocycles. The van der Waals surface area contributed by atoms with Gasteiger partial charge in [0, 0.05) is 12.5 Å². The van der Waals surface area contributed by atoms with Crippen LogP contribution in [0.15, 0.2) is 48.1 Å². The maximum atomic E-state index is 12.6. The summed E-state index contributed by atoms with van der Waals surface area (Å²) in [6, 6.07) is 9.99. The Labute approximate surface area is 232 Å². The van der Waals surface area contributed by atoms with Gasteiger partial charge in [-0.15, -0.1) is 0 Å². The number of carbonyl (C=O) groups excluding carboxylic acids is 1. The van der Waals surface area contributed by atoms with Crippen LogP contribution >= 0.6 is 0 Å². The van der Waals surface area contributed by atoms with Crippen LogP contribution in [0.2, 0.25) is 0 Å². The van der Waals surface area contributed by atoms with E-state index in [0.717, 1.165) is 53.9 Å². The zero-order chi connectivity index (χ0) is 26.9. The van der Waals surface area contributed by atoms with Crippen LogP contribution < -0.4 is 0 Å². The minimum Gasteiger partial charge on any atom is -0.459 e. The second-order valence-corrected chi connectivity index (χ2v) is 14.3. The number of ether oxygens (including phenoxy) is 1. The van der Waals surface area contributed by atoms with Gasteiger partial charge in [0.15, 0.2) is 0 Å². The van der Waals surface area contributed by atoms with E-state index in [1.54, 1.807) is 11.6 Å². The third-order valence-electron chi connectivity index (χ3n) is 11.8. The van der Waals surface area contributed by atoms with E-state index in [9.17, 15) is 4.79 Å². The van der Waals surface area contributed by atoms with Crippen LogP contribution in [0.5, 0.6) is 0 Å². The predicted molar refractivity (Wildman–Crippen MR) is 158 cm³/mol. The van der Waals surface area contributed by atoms with Crippen molar-refractivity contribution >= 4 is 12.0 Å². The maximum Gasteiger partial charge on any atom is 0.331 e. The van der Waals surface area contributed by atoms with Gasteiger partial charge in [-0.3, -0.25) is 0 Å². The van der Waals surface area contributed by atoms with Gasteiger partial charge in [-0.25, -0.2) is 4.79 Å². The van der Waals surface area contributed by atoms with Crippen LogP contribution in [-0.2, 0) is 9.53 Å². The van der Waals surface area contributed by atoms with Crippen LogP contribution in [-0.4, -0.2) is 12.1 Å². The highest BCUT2D eigenvalue weighted by molar-refractivity contribution is 5.87. The second kappa shape index (κ2) is 11.3. The molecular weight excluding hydrogens is 464 g/mol. The van der Waals surface area contributed by atoms with E-state index in [1.807, 2.05) is 36.4 Å². The Kier molecular flexibility index (Phi) is 8.28. The molecule has 0 heterocycles. The van der Waals surface area contributed by atoms with Gasteiger partial charge in [0.2, 0.25) is 0 Å². The topological polar surface area (TPSA) is 26.3 Å². The zero-order valence-electron chi connectivity index (χ0n) is 24.8. The van der Waals surface area contributed by atoms with Crippen LogP contribution in [0.25, 0.3) is 6.08 Å². The number of hydrogen-bond donors (Lipinski definition) is 0. The summed E-state index contributed by atoms with van der Waals surface area (Å²) >= 11 is 0. The number of hydrogen-bond acceptors (Lipinski definition) is 2. The fourth-order valence-corrected chi connectivity index (χ4v) is 9.68. The first-order valence-electron chi connectivity index (χ1n) is 15.8. The summed E-state index contributed by atoms with van der Waals surface area (Å²) in [6.45, 7) is 12.6. The van der Waals surface area contributed by atoms with Crippen molar-refractivity contribution in [3.63, 3.8) is 0 Å². The summed E-state index contributed by atoms with van der Waals surface area (Å²) in [7, 11) is 0. The SMILES string of the molecule is CC(C)CCC[C@H](C)[C@H]1CC[C@H]2[C@@H]3CC=C4C[C@@H](OC(=O)/C=C/c5ccccc5)CC[C@]4(C)[C@H]3CC[C@]12C. The average Bonchev–Trinajstić information content (AvgIpc) is 3.25. The van der Waals surface area contributed by atoms with Gasteiger partial charge in [-0.1, -0.05) is 95.9 Å². The summed E-state index contributed by atoms with van der Waals surface area (Å²) < 4.78 is 5.95. The van der Waals surface area contributed by atoms with Crippen molar-refractivity contribution in [2.75, 3.05) is 0 Å². The van der Waals surface area contributed by atoms with Gasteiger partial charge < -0.3 is 4.74 Å². The smallest absolute Gasteiger partial charge is 0.331 e. The first-order chi connectivity index (χ1) is 18.2. The first kappa shape index (κ1) is 27.7. The third kappa shape index (κ3) is 5.44. The van der Waals surface area contributed by atoms with Crippen molar-refractivity contribution in [3.05, 3.63) is 53.6 Å². The fourth-order valence-electron chi connectivity index (χ4n) is 9.68. The lowest BCUT2D eigenvalue weighted by Crippen LogP contribution is -2.51. The van der Waals surface area contributed by atoms with Gasteiger partial charge in [0.1, 0.15) is 6.10 Å². The van der Waals surface area contributed by atoms with Crippen molar-refractivity contribution in [3.8, 4) is 0 Å². The van der Waals surface area contributed by atoms with Gasteiger partial charge in [0.05, 0.1) is 0 Å². The third-order valence-corrected chi connectivity index (χ3v) is 11.8. The Bertz CT molecular complexity index is 1020. The normalized spacial score (nSPS) is 37.3. The monoisotopic (exact) mass is 516 g/mol. The first-order valence-corrected chi connectivity index (χ1v) is 15.8. The van der Waals surface area contributed by atoms with Crippen LogP contribution in [0, 0.1) is 46.3 Å². The Morgan fingerprint density at radius 3 is 2.55 bits per heavy atom. The molecule has 3 fully saturated rings. The molecule has 4 aliphatic carbocycles. The molecule has 0 spiro atoms. The molecule has 0 unspecified atom stereocenters. The lowest BCUT2D eigenvalue weighted by atomic mass is 9.47. The molecular formula is C36H52O2. The molecule has 2 heteroatoms. The van der Waals surface area contributed by atoms with E-state index >= 15 is 0 Å². The molecule has 0 saturated heterocycles. The number of rotatable bonds is 8. The molecule has 208 valence electrons. The molecule has 0 amide bonds. The van der Waals surface area contributed by atoms with Gasteiger partial charge in [-0.2, -0.15) is 0 Å². The standard InChI is InChI=1S/C36H52O2/c1-25(2)10-9-11-26(3)31-17-18-32-30-16-15-28-24-29(38-34(37)19-14-27-12-7-6-8-13-27)20-22-35(28,4)33(30)21-23-36(31,32)5/h6-8,12-15,19,25-26,29-33H,9-11,16-18,20-24H2,1-5H3/b19-14+/t26-,29-,30-,31+,32-,33-,35-,36+/m0/s1.